The molecule has 0 radical (unpaired) electrons. The topological polar surface area (TPSA) is 79.7 Å². The van der Waals surface area contributed by atoms with Crippen LogP contribution < -0.4 is 4.90 Å². The van der Waals surface area contributed by atoms with E-state index in [0.29, 0.717) is 17.4 Å². The van der Waals surface area contributed by atoms with Crippen LogP contribution in [0.4, 0.5) is 10.5 Å². The molecule has 1 aromatic rings. The third-order valence-corrected chi connectivity index (χ3v) is 5.82. The number of hydrogen-bond donors (Lipinski definition) is 1. The number of guanidine groups is 1. The summed E-state index contributed by atoms with van der Waals surface area (Å²) in [6.07, 6.45) is 1.64. The molecule has 3 heterocycles. The Kier molecular flexibility index (Phi) is 4.55. The number of rotatable bonds is 4. The van der Waals surface area contributed by atoms with E-state index in [-0.39, 0.29) is 19.1 Å². The predicted molar refractivity (Wildman–Crippen MR) is 106 cm³/mol. The molecule has 9 heteroatoms. The summed E-state index contributed by atoms with van der Waals surface area (Å²) in [7, 11) is 1.65. The molecule has 1 aromatic carbocycles. The molecule has 8 nitrogen and oxygen atoms in total. The summed E-state index contributed by atoms with van der Waals surface area (Å²) in [5, 5.41) is 9.75. The minimum Gasteiger partial charge on any atom is -0.396 e. The summed E-state index contributed by atoms with van der Waals surface area (Å²) < 4.78 is 0. The lowest BCUT2D eigenvalue weighted by Crippen LogP contribution is -2.64. The fraction of sp³-hybridized carbons (Fsp3) is 0.421. The first kappa shape index (κ1) is 18.8. The molecule has 2 unspecified atom stereocenters. The lowest BCUT2D eigenvalue weighted by atomic mass is 10.1. The molecule has 0 aromatic heterocycles. The molecule has 3 amide bonds. The van der Waals surface area contributed by atoms with Gasteiger partial charge in [0.1, 0.15) is 0 Å². The number of anilines is 1. The molecule has 0 aliphatic carbocycles. The highest BCUT2D eigenvalue weighted by atomic mass is 35.5. The second-order valence-electron chi connectivity index (χ2n) is 7.15. The van der Waals surface area contributed by atoms with Gasteiger partial charge in [-0.05, 0) is 38.0 Å². The van der Waals surface area contributed by atoms with Crippen LogP contribution in [0, 0.1) is 6.92 Å². The lowest BCUT2D eigenvalue weighted by molar-refractivity contribution is -0.136. The van der Waals surface area contributed by atoms with Crippen molar-refractivity contribution in [3.8, 4) is 0 Å². The van der Waals surface area contributed by atoms with Crippen LogP contribution in [0.1, 0.15) is 18.9 Å². The van der Waals surface area contributed by atoms with Crippen molar-refractivity contribution in [1.82, 2.24) is 14.7 Å². The molecular formula is C19H22ClN5O3. The molecule has 1 saturated heterocycles. The van der Waals surface area contributed by atoms with Gasteiger partial charge in [-0.3, -0.25) is 14.6 Å². The van der Waals surface area contributed by atoms with Gasteiger partial charge in [-0.2, -0.15) is 0 Å². The second kappa shape index (κ2) is 6.79. The number of urea groups is 1. The number of aliphatic hydroxyl groups is 1. The number of amides is 3. The van der Waals surface area contributed by atoms with Crippen molar-refractivity contribution >= 4 is 35.2 Å². The van der Waals surface area contributed by atoms with Crippen LogP contribution in [0.15, 0.2) is 35.1 Å². The molecule has 0 bridgehead atoms. The Hall–Kier alpha value is -2.58. The molecular weight excluding hydrogens is 382 g/mol. The molecule has 3 aliphatic heterocycles. The number of hydrogen-bond acceptors (Lipinski definition) is 6. The SMILES string of the molecule is CC1=CN2C(=NC3C2C(=O)N(CCCO)C(=O)N3C)N1c1cccc(Cl)c1C. The van der Waals surface area contributed by atoms with E-state index in [1.165, 1.54) is 9.80 Å². The number of allylic oxidation sites excluding steroid dienone is 1. The summed E-state index contributed by atoms with van der Waals surface area (Å²) >= 11 is 6.30. The van der Waals surface area contributed by atoms with Crippen LogP contribution in [-0.2, 0) is 4.79 Å². The van der Waals surface area contributed by atoms with E-state index in [4.69, 9.17) is 21.7 Å². The van der Waals surface area contributed by atoms with Gasteiger partial charge in [0.25, 0.3) is 5.91 Å². The minimum absolute atomic E-state index is 0.0822. The number of imide groups is 1. The standard InChI is InChI=1S/C19H22ClN5O3/c1-11-10-24-15-16(22(3)19(28)23(17(15)27)8-5-9-26)21-18(24)25(11)14-7-4-6-13(20)12(14)2/h4,6-7,10,15-16,26H,5,8-9H2,1-3H3. The van der Waals surface area contributed by atoms with Gasteiger partial charge in [-0.25, -0.2) is 9.79 Å². The number of carbonyl (C=O) groups is 2. The van der Waals surface area contributed by atoms with Crippen molar-refractivity contribution in [3.05, 3.63) is 40.7 Å². The Bertz CT molecular complexity index is 915. The van der Waals surface area contributed by atoms with E-state index in [0.717, 1.165) is 16.9 Å². The van der Waals surface area contributed by atoms with E-state index in [1.54, 1.807) is 7.05 Å². The number of halogens is 1. The van der Waals surface area contributed by atoms with Crippen LogP contribution in [0.3, 0.4) is 0 Å². The van der Waals surface area contributed by atoms with Crippen LogP contribution in [-0.4, -0.2) is 70.1 Å². The van der Waals surface area contributed by atoms with Gasteiger partial charge in [0.05, 0.1) is 5.69 Å². The summed E-state index contributed by atoms with van der Waals surface area (Å²) in [5.74, 6) is 0.309. The number of nitrogens with zero attached hydrogens (tertiary/aromatic N) is 5. The van der Waals surface area contributed by atoms with Gasteiger partial charge in [-0.15, -0.1) is 0 Å². The number of carbonyl (C=O) groups excluding carboxylic acids is 2. The first-order chi connectivity index (χ1) is 13.4. The average molecular weight is 404 g/mol. The van der Waals surface area contributed by atoms with Crippen LogP contribution in [0.5, 0.6) is 0 Å². The van der Waals surface area contributed by atoms with Crippen LogP contribution >= 0.6 is 11.6 Å². The molecule has 148 valence electrons. The van der Waals surface area contributed by atoms with Gasteiger partial charge in [-0.1, -0.05) is 17.7 Å². The second-order valence-corrected chi connectivity index (χ2v) is 7.55. The normalized spacial score (nSPS) is 23.9. The zero-order valence-corrected chi connectivity index (χ0v) is 16.7. The van der Waals surface area contributed by atoms with Crippen LogP contribution in [0.2, 0.25) is 5.02 Å². The van der Waals surface area contributed by atoms with Gasteiger partial charge in [0, 0.05) is 37.1 Å². The number of fused-ring (bicyclic) bond motifs is 3. The first-order valence-electron chi connectivity index (χ1n) is 9.15. The quantitative estimate of drug-likeness (QED) is 0.831. The van der Waals surface area contributed by atoms with Gasteiger partial charge in [0.15, 0.2) is 12.2 Å². The molecule has 1 fully saturated rings. The molecule has 28 heavy (non-hydrogen) atoms. The minimum atomic E-state index is -0.615. The third kappa shape index (κ3) is 2.59. The summed E-state index contributed by atoms with van der Waals surface area (Å²) in [4.78, 5) is 36.9. The Morgan fingerprint density at radius 2 is 2.00 bits per heavy atom. The fourth-order valence-electron chi connectivity index (χ4n) is 3.92. The molecule has 0 spiro atoms. The fourth-order valence-corrected chi connectivity index (χ4v) is 4.09. The number of aliphatic hydroxyl groups excluding tert-OH is 1. The van der Waals surface area contributed by atoms with E-state index >= 15 is 0 Å². The predicted octanol–water partition coefficient (Wildman–Crippen LogP) is 1.97. The zero-order chi connectivity index (χ0) is 20.2. The maximum Gasteiger partial charge on any atom is 0.328 e. The Balaban J connectivity index is 1.72. The Morgan fingerprint density at radius 3 is 2.71 bits per heavy atom. The molecule has 4 rings (SSSR count). The summed E-state index contributed by atoms with van der Waals surface area (Å²) in [6.45, 7) is 3.99. The highest BCUT2D eigenvalue weighted by molar-refractivity contribution is 6.32. The lowest BCUT2D eigenvalue weighted by Gasteiger charge is -2.40. The van der Waals surface area contributed by atoms with Crippen LogP contribution in [0.25, 0.3) is 0 Å². The largest absolute Gasteiger partial charge is 0.396 e. The van der Waals surface area contributed by atoms with E-state index in [1.807, 2.05) is 48.0 Å². The Morgan fingerprint density at radius 1 is 1.25 bits per heavy atom. The Labute approximate surface area is 168 Å². The van der Waals surface area contributed by atoms with E-state index in [2.05, 4.69) is 0 Å². The van der Waals surface area contributed by atoms with Crippen molar-refractivity contribution < 1.29 is 14.7 Å². The van der Waals surface area contributed by atoms with Crippen molar-refractivity contribution in [1.29, 1.82) is 0 Å². The van der Waals surface area contributed by atoms with Gasteiger partial charge in [0.2, 0.25) is 5.96 Å². The van der Waals surface area contributed by atoms with E-state index in [9.17, 15) is 9.59 Å². The van der Waals surface area contributed by atoms with Crippen molar-refractivity contribution in [3.63, 3.8) is 0 Å². The summed E-state index contributed by atoms with van der Waals surface area (Å²) in [5.41, 5.74) is 2.72. The van der Waals surface area contributed by atoms with E-state index < -0.39 is 18.2 Å². The highest BCUT2D eigenvalue weighted by Gasteiger charge is 2.54. The maximum atomic E-state index is 13.1. The maximum absolute atomic E-state index is 13.1. The van der Waals surface area contributed by atoms with Gasteiger partial charge >= 0.3 is 6.03 Å². The molecule has 2 atom stereocenters. The highest BCUT2D eigenvalue weighted by Crippen LogP contribution is 2.38. The zero-order valence-electron chi connectivity index (χ0n) is 16.0. The number of aliphatic imine (C=N–C) groups is 1. The molecule has 1 N–H and O–H groups in total. The van der Waals surface area contributed by atoms with Crippen molar-refractivity contribution in [2.24, 2.45) is 4.99 Å². The van der Waals surface area contributed by atoms with Crippen molar-refractivity contribution in [2.45, 2.75) is 32.5 Å². The smallest absolute Gasteiger partial charge is 0.328 e. The summed E-state index contributed by atoms with van der Waals surface area (Å²) in [6, 6.07) is 4.66. The molecule has 3 aliphatic rings. The number of benzene rings is 1. The number of likely N-dealkylation sites (N-methyl/N-ethyl adjacent to an activating group) is 1. The first-order valence-corrected chi connectivity index (χ1v) is 9.53. The molecule has 0 saturated carbocycles. The average Bonchev–Trinajstić information content (AvgIpc) is 3.17. The van der Waals surface area contributed by atoms with Gasteiger partial charge < -0.3 is 14.9 Å². The third-order valence-electron chi connectivity index (χ3n) is 5.41. The van der Waals surface area contributed by atoms with Crippen molar-refractivity contribution in [2.75, 3.05) is 25.1 Å². The monoisotopic (exact) mass is 403 g/mol.